The number of hydrogen-bond acceptors (Lipinski definition) is 5. The van der Waals surface area contributed by atoms with E-state index in [0.29, 0.717) is 31.6 Å². The molecule has 0 aliphatic carbocycles. The van der Waals surface area contributed by atoms with Crippen LogP contribution in [0.3, 0.4) is 0 Å². The summed E-state index contributed by atoms with van der Waals surface area (Å²) in [5.74, 6) is -1.34. The zero-order valence-corrected chi connectivity index (χ0v) is 14.1. The Hall–Kier alpha value is -2.48. The predicted molar refractivity (Wildman–Crippen MR) is 89.2 cm³/mol. The largest absolute Gasteiger partial charge is 0.469 e. The number of esters is 1. The van der Waals surface area contributed by atoms with Crippen molar-refractivity contribution in [3.63, 3.8) is 0 Å². The van der Waals surface area contributed by atoms with Gasteiger partial charge in [-0.1, -0.05) is 0 Å². The average molecular weight is 351 g/mol. The molecule has 136 valence electrons. The van der Waals surface area contributed by atoms with Crippen LogP contribution in [0.5, 0.6) is 0 Å². The lowest BCUT2D eigenvalue weighted by Crippen LogP contribution is -2.44. The SMILES string of the molecule is COC(=O)C1CCN(CC(=O)NCC(=O)Nc2ccc(F)cc2)CC1. The van der Waals surface area contributed by atoms with Gasteiger partial charge in [-0.05, 0) is 50.2 Å². The molecule has 0 bridgehead atoms. The third-order valence-electron chi connectivity index (χ3n) is 4.06. The van der Waals surface area contributed by atoms with E-state index in [4.69, 9.17) is 4.74 Å². The minimum atomic E-state index is -0.387. The summed E-state index contributed by atoms with van der Waals surface area (Å²) in [6, 6.07) is 5.37. The molecule has 1 aliphatic heterocycles. The Morgan fingerprint density at radius 1 is 1.16 bits per heavy atom. The van der Waals surface area contributed by atoms with E-state index < -0.39 is 0 Å². The maximum Gasteiger partial charge on any atom is 0.308 e. The third-order valence-corrected chi connectivity index (χ3v) is 4.06. The van der Waals surface area contributed by atoms with Gasteiger partial charge in [0.05, 0.1) is 26.1 Å². The highest BCUT2D eigenvalue weighted by Gasteiger charge is 2.26. The molecule has 1 saturated heterocycles. The summed E-state index contributed by atoms with van der Waals surface area (Å²) in [5.41, 5.74) is 0.463. The van der Waals surface area contributed by atoms with E-state index in [1.165, 1.54) is 31.4 Å². The summed E-state index contributed by atoms with van der Waals surface area (Å²) in [4.78, 5) is 37.1. The topological polar surface area (TPSA) is 87.7 Å². The van der Waals surface area contributed by atoms with Crippen LogP contribution < -0.4 is 10.6 Å². The van der Waals surface area contributed by atoms with Crippen molar-refractivity contribution >= 4 is 23.5 Å². The maximum atomic E-state index is 12.8. The average Bonchev–Trinajstić information content (AvgIpc) is 2.62. The van der Waals surface area contributed by atoms with Gasteiger partial charge in [0.1, 0.15) is 5.82 Å². The first-order chi connectivity index (χ1) is 12.0. The number of halogens is 1. The van der Waals surface area contributed by atoms with Crippen LogP contribution in [0.4, 0.5) is 10.1 Å². The molecule has 0 aromatic heterocycles. The third kappa shape index (κ3) is 6.15. The molecule has 2 amide bonds. The highest BCUT2D eigenvalue weighted by Crippen LogP contribution is 2.17. The van der Waals surface area contributed by atoms with Crippen LogP contribution in [0.1, 0.15) is 12.8 Å². The minimum absolute atomic E-state index is 0.106. The summed E-state index contributed by atoms with van der Waals surface area (Å²) >= 11 is 0. The quantitative estimate of drug-likeness (QED) is 0.739. The summed E-state index contributed by atoms with van der Waals surface area (Å²) in [5, 5.41) is 5.12. The van der Waals surface area contributed by atoms with Crippen molar-refractivity contribution in [2.75, 3.05) is 38.6 Å². The number of anilines is 1. The molecule has 7 nitrogen and oxygen atoms in total. The Labute approximate surface area is 145 Å². The number of rotatable bonds is 6. The van der Waals surface area contributed by atoms with Crippen molar-refractivity contribution in [3.05, 3.63) is 30.1 Å². The molecule has 8 heteroatoms. The number of nitrogens with one attached hydrogen (secondary N) is 2. The molecule has 1 aromatic rings. The molecule has 1 aromatic carbocycles. The Bertz CT molecular complexity index is 613. The molecule has 0 spiro atoms. The molecule has 2 N–H and O–H groups in total. The van der Waals surface area contributed by atoms with Crippen LogP contribution in [0.2, 0.25) is 0 Å². The van der Waals surface area contributed by atoms with Gasteiger partial charge in [0.15, 0.2) is 0 Å². The Morgan fingerprint density at radius 3 is 2.40 bits per heavy atom. The summed E-state index contributed by atoms with van der Waals surface area (Å²) in [7, 11) is 1.37. The zero-order valence-electron chi connectivity index (χ0n) is 14.1. The van der Waals surface area contributed by atoms with E-state index in [0.717, 1.165) is 0 Å². The van der Waals surface area contributed by atoms with E-state index in [9.17, 15) is 18.8 Å². The normalized spacial score (nSPS) is 15.4. The number of likely N-dealkylation sites (tertiary alicyclic amines) is 1. The molecule has 1 fully saturated rings. The molecule has 0 saturated carbocycles. The van der Waals surface area contributed by atoms with Crippen molar-refractivity contribution < 1.29 is 23.5 Å². The van der Waals surface area contributed by atoms with Gasteiger partial charge in [-0.15, -0.1) is 0 Å². The minimum Gasteiger partial charge on any atom is -0.469 e. The van der Waals surface area contributed by atoms with Crippen LogP contribution in [-0.4, -0.2) is 56.0 Å². The number of piperidine rings is 1. The zero-order chi connectivity index (χ0) is 18.2. The number of ether oxygens (including phenoxy) is 1. The Morgan fingerprint density at radius 2 is 1.80 bits per heavy atom. The highest BCUT2D eigenvalue weighted by atomic mass is 19.1. The van der Waals surface area contributed by atoms with Crippen LogP contribution in [0.15, 0.2) is 24.3 Å². The van der Waals surface area contributed by atoms with Gasteiger partial charge >= 0.3 is 5.97 Å². The Balaban J connectivity index is 1.66. The second kappa shape index (κ2) is 9.12. The van der Waals surface area contributed by atoms with E-state index >= 15 is 0 Å². The van der Waals surface area contributed by atoms with E-state index in [2.05, 4.69) is 10.6 Å². The first kappa shape index (κ1) is 18.9. The number of benzene rings is 1. The highest BCUT2D eigenvalue weighted by molar-refractivity contribution is 5.94. The summed E-state index contributed by atoms with van der Waals surface area (Å²) in [6.45, 7) is 1.29. The van der Waals surface area contributed by atoms with Crippen molar-refractivity contribution in [2.24, 2.45) is 5.92 Å². The van der Waals surface area contributed by atoms with E-state index in [1.807, 2.05) is 4.90 Å². The lowest BCUT2D eigenvalue weighted by molar-refractivity contribution is -0.147. The lowest BCUT2D eigenvalue weighted by atomic mass is 9.97. The number of carbonyl (C=O) groups excluding carboxylic acids is 3. The van der Waals surface area contributed by atoms with Gasteiger partial charge in [0.25, 0.3) is 0 Å². The summed E-state index contributed by atoms with van der Waals surface area (Å²) in [6.07, 6.45) is 1.32. The maximum absolute atomic E-state index is 12.8. The Kier molecular flexibility index (Phi) is 6.88. The fraction of sp³-hybridized carbons (Fsp3) is 0.471. The molecule has 2 rings (SSSR count). The predicted octanol–water partition coefficient (Wildman–Crippen LogP) is 0.765. The van der Waals surface area contributed by atoms with E-state index in [-0.39, 0.29) is 42.6 Å². The van der Waals surface area contributed by atoms with E-state index in [1.54, 1.807) is 0 Å². The first-order valence-corrected chi connectivity index (χ1v) is 8.10. The fourth-order valence-corrected chi connectivity index (χ4v) is 2.67. The molecule has 0 radical (unpaired) electrons. The molecular weight excluding hydrogens is 329 g/mol. The number of hydrogen-bond donors (Lipinski definition) is 2. The number of carbonyl (C=O) groups is 3. The summed E-state index contributed by atoms with van der Waals surface area (Å²) < 4.78 is 17.5. The molecule has 1 aliphatic rings. The van der Waals surface area contributed by atoms with Gasteiger partial charge in [-0.3, -0.25) is 19.3 Å². The van der Waals surface area contributed by atoms with Crippen molar-refractivity contribution in [1.82, 2.24) is 10.2 Å². The first-order valence-electron chi connectivity index (χ1n) is 8.10. The van der Waals surface area contributed by atoms with Crippen molar-refractivity contribution in [3.8, 4) is 0 Å². The number of methoxy groups -OCH3 is 1. The van der Waals surface area contributed by atoms with Gasteiger partial charge < -0.3 is 15.4 Å². The van der Waals surface area contributed by atoms with Gasteiger partial charge in [0.2, 0.25) is 11.8 Å². The van der Waals surface area contributed by atoms with Crippen LogP contribution in [-0.2, 0) is 19.1 Å². The smallest absolute Gasteiger partial charge is 0.308 e. The number of amides is 2. The van der Waals surface area contributed by atoms with Crippen molar-refractivity contribution in [1.29, 1.82) is 0 Å². The van der Waals surface area contributed by atoms with Crippen LogP contribution >= 0.6 is 0 Å². The van der Waals surface area contributed by atoms with Crippen LogP contribution in [0, 0.1) is 11.7 Å². The molecular formula is C17H22FN3O4. The number of nitrogens with zero attached hydrogens (tertiary/aromatic N) is 1. The van der Waals surface area contributed by atoms with Gasteiger partial charge in [-0.2, -0.15) is 0 Å². The molecule has 1 heterocycles. The van der Waals surface area contributed by atoms with Crippen LogP contribution in [0.25, 0.3) is 0 Å². The lowest BCUT2D eigenvalue weighted by Gasteiger charge is -2.29. The fourth-order valence-electron chi connectivity index (χ4n) is 2.67. The standard InChI is InChI=1S/C17H22FN3O4/c1-25-17(24)12-6-8-21(9-7-12)11-16(23)19-10-15(22)20-14-4-2-13(18)3-5-14/h2-5,12H,6-11H2,1H3,(H,19,23)(H,20,22). The van der Waals surface area contributed by atoms with Crippen molar-refractivity contribution in [2.45, 2.75) is 12.8 Å². The molecule has 25 heavy (non-hydrogen) atoms. The van der Waals surface area contributed by atoms with Gasteiger partial charge in [-0.25, -0.2) is 4.39 Å². The second-order valence-electron chi connectivity index (χ2n) is 5.91. The molecule has 0 unspecified atom stereocenters. The molecule has 0 atom stereocenters. The monoisotopic (exact) mass is 351 g/mol. The second-order valence-corrected chi connectivity index (χ2v) is 5.91. The van der Waals surface area contributed by atoms with Gasteiger partial charge in [0, 0.05) is 5.69 Å².